The van der Waals surface area contributed by atoms with Gasteiger partial charge in [0.15, 0.2) is 5.76 Å². The number of likely N-dealkylation sites (tertiary alicyclic amines) is 1. The average Bonchev–Trinajstić information content (AvgIpc) is 3.46. The van der Waals surface area contributed by atoms with Gasteiger partial charge in [-0.3, -0.25) is 9.59 Å². The lowest BCUT2D eigenvalue weighted by Gasteiger charge is -2.35. The summed E-state index contributed by atoms with van der Waals surface area (Å²) in [6, 6.07) is 8.73. The predicted octanol–water partition coefficient (Wildman–Crippen LogP) is 3.93. The predicted molar refractivity (Wildman–Crippen MR) is 118 cm³/mol. The lowest BCUT2D eigenvalue weighted by molar-refractivity contribution is -0.135. The molecular formula is C24H29N3O4. The molecule has 3 heterocycles. The van der Waals surface area contributed by atoms with E-state index in [0.29, 0.717) is 19.0 Å². The summed E-state index contributed by atoms with van der Waals surface area (Å²) < 4.78 is 10.5. The molecule has 7 nitrogen and oxygen atoms in total. The molecule has 0 saturated carbocycles. The molecule has 2 aromatic heterocycles. The van der Waals surface area contributed by atoms with Gasteiger partial charge in [-0.25, -0.2) is 0 Å². The van der Waals surface area contributed by atoms with E-state index in [2.05, 4.69) is 22.6 Å². The topological polar surface area (TPSA) is 87.6 Å². The van der Waals surface area contributed by atoms with Gasteiger partial charge in [-0.15, -0.1) is 0 Å². The monoisotopic (exact) mass is 423 g/mol. The van der Waals surface area contributed by atoms with E-state index in [1.54, 1.807) is 19.2 Å². The normalized spacial score (nSPS) is 15.9. The van der Waals surface area contributed by atoms with E-state index < -0.39 is 6.04 Å². The summed E-state index contributed by atoms with van der Waals surface area (Å²) in [5.41, 5.74) is 2.36. The fourth-order valence-electron chi connectivity index (χ4n) is 4.33. The number of rotatable bonds is 6. The van der Waals surface area contributed by atoms with Gasteiger partial charge in [0.05, 0.1) is 13.4 Å². The number of ether oxygens (including phenoxy) is 1. The van der Waals surface area contributed by atoms with E-state index in [1.165, 1.54) is 17.2 Å². The molecule has 0 aliphatic carbocycles. The number of benzene rings is 1. The standard InChI is InChI=1S/C24H29N3O4/c1-15(2)22(26-23(28)21-5-4-12-31-21)24(29)27-10-8-16(9-11-27)19-14-25-20-7-6-17(30-3)13-18(19)20/h4-7,12-16,22,25H,8-11H2,1-3H3,(H,26,28). The molecule has 1 aliphatic rings. The van der Waals surface area contributed by atoms with E-state index in [-0.39, 0.29) is 23.5 Å². The molecule has 31 heavy (non-hydrogen) atoms. The van der Waals surface area contributed by atoms with Crippen LogP contribution in [0.1, 0.15) is 48.7 Å². The van der Waals surface area contributed by atoms with Gasteiger partial charge in [-0.2, -0.15) is 0 Å². The first-order chi connectivity index (χ1) is 15.0. The maximum absolute atomic E-state index is 13.2. The second-order valence-electron chi connectivity index (χ2n) is 8.43. The average molecular weight is 424 g/mol. The summed E-state index contributed by atoms with van der Waals surface area (Å²) in [6.07, 6.45) is 5.29. The molecule has 1 fully saturated rings. The summed E-state index contributed by atoms with van der Waals surface area (Å²) >= 11 is 0. The van der Waals surface area contributed by atoms with Gasteiger partial charge in [-0.1, -0.05) is 13.8 Å². The summed E-state index contributed by atoms with van der Waals surface area (Å²) in [6.45, 7) is 5.22. The molecule has 0 bridgehead atoms. The number of nitrogens with one attached hydrogen (secondary N) is 2. The number of aromatic amines is 1. The molecule has 1 unspecified atom stereocenters. The van der Waals surface area contributed by atoms with Gasteiger partial charge in [0, 0.05) is 30.2 Å². The van der Waals surface area contributed by atoms with Crippen molar-refractivity contribution in [2.45, 2.75) is 38.6 Å². The number of furan rings is 1. The Kier molecular flexibility index (Phi) is 6.02. The molecular weight excluding hydrogens is 394 g/mol. The van der Waals surface area contributed by atoms with Crippen molar-refractivity contribution in [2.24, 2.45) is 5.92 Å². The van der Waals surface area contributed by atoms with Crippen LogP contribution in [0.3, 0.4) is 0 Å². The van der Waals surface area contributed by atoms with Crippen LogP contribution in [-0.4, -0.2) is 47.9 Å². The zero-order valence-corrected chi connectivity index (χ0v) is 18.2. The summed E-state index contributed by atoms with van der Waals surface area (Å²) in [5, 5.41) is 4.02. The van der Waals surface area contributed by atoms with Crippen LogP contribution in [0.5, 0.6) is 5.75 Å². The number of fused-ring (bicyclic) bond motifs is 1. The van der Waals surface area contributed by atoms with Crippen LogP contribution in [0.25, 0.3) is 10.9 Å². The highest BCUT2D eigenvalue weighted by atomic mass is 16.5. The van der Waals surface area contributed by atoms with E-state index in [4.69, 9.17) is 9.15 Å². The lowest BCUT2D eigenvalue weighted by Crippen LogP contribution is -2.52. The first-order valence-electron chi connectivity index (χ1n) is 10.8. The number of H-pyrrole nitrogens is 1. The van der Waals surface area contributed by atoms with Crippen LogP contribution in [0, 0.1) is 5.92 Å². The van der Waals surface area contributed by atoms with Crippen LogP contribution in [0.15, 0.2) is 47.2 Å². The zero-order valence-electron chi connectivity index (χ0n) is 18.2. The Morgan fingerprint density at radius 2 is 2.00 bits per heavy atom. The highest BCUT2D eigenvalue weighted by Crippen LogP contribution is 2.35. The Morgan fingerprint density at radius 3 is 2.65 bits per heavy atom. The second-order valence-corrected chi connectivity index (χ2v) is 8.43. The fraction of sp³-hybridized carbons (Fsp3) is 0.417. The van der Waals surface area contributed by atoms with Crippen LogP contribution in [0.2, 0.25) is 0 Å². The molecule has 1 atom stereocenters. The third-order valence-corrected chi connectivity index (χ3v) is 6.13. The van der Waals surface area contributed by atoms with Crippen molar-refractivity contribution < 1.29 is 18.7 Å². The summed E-state index contributed by atoms with van der Waals surface area (Å²) in [7, 11) is 1.67. The molecule has 3 aromatic rings. The number of amides is 2. The molecule has 7 heteroatoms. The van der Waals surface area contributed by atoms with Gasteiger partial charge in [-0.05, 0) is 60.6 Å². The van der Waals surface area contributed by atoms with Gasteiger partial charge in [0.25, 0.3) is 5.91 Å². The third-order valence-electron chi connectivity index (χ3n) is 6.13. The number of hydrogen-bond donors (Lipinski definition) is 2. The highest BCUT2D eigenvalue weighted by Gasteiger charge is 2.32. The minimum Gasteiger partial charge on any atom is -0.497 e. The smallest absolute Gasteiger partial charge is 0.287 e. The van der Waals surface area contributed by atoms with Gasteiger partial charge < -0.3 is 24.4 Å². The number of hydrogen-bond acceptors (Lipinski definition) is 4. The van der Waals surface area contributed by atoms with E-state index in [0.717, 1.165) is 24.1 Å². The first kappa shape index (κ1) is 21.0. The zero-order chi connectivity index (χ0) is 22.0. The quantitative estimate of drug-likeness (QED) is 0.629. The van der Waals surface area contributed by atoms with Crippen LogP contribution >= 0.6 is 0 Å². The third kappa shape index (κ3) is 4.31. The largest absolute Gasteiger partial charge is 0.497 e. The molecule has 2 amide bonds. The highest BCUT2D eigenvalue weighted by molar-refractivity contribution is 5.95. The Balaban J connectivity index is 1.42. The minimum atomic E-state index is -0.577. The fourth-order valence-corrected chi connectivity index (χ4v) is 4.33. The Morgan fingerprint density at radius 1 is 1.23 bits per heavy atom. The van der Waals surface area contributed by atoms with Crippen molar-refractivity contribution in [3.8, 4) is 5.75 Å². The molecule has 1 saturated heterocycles. The number of aromatic nitrogens is 1. The van der Waals surface area contributed by atoms with E-state index >= 15 is 0 Å². The van der Waals surface area contributed by atoms with Crippen molar-refractivity contribution in [2.75, 3.05) is 20.2 Å². The summed E-state index contributed by atoms with van der Waals surface area (Å²) in [4.78, 5) is 30.8. The Bertz CT molecular complexity index is 1050. The van der Waals surface area contributed by atoms with Gasteiger partial charge in [0.2, 0.25) is 5.91 Å². The molecule has 4 rings (SSSR count). The van der Waals surface area contributed by atoms with Gasteiger partial charge in [0.1, 0.15) is 11.8 Å². The molecule has 164 valence electrons. The maximum atomic E-state index is 13.2. The van der Waals surface area contributed by atoms with Crippen molar-refractivity contribution in [1.29, 1.82) is 0 Å². The number of carbonyl (C=O) groups excluding carboxylic acids is 2. The number of methoxy groups -OCH3 is 1. The van der Waals surface area contributed by atoms with Crippen LogP contribution < -0.4 is 10.1 Å². The molecule has 0 spiro atoms. The van der Waals surface area contributed by atoms with Crippen LogP contribution in [0.4, 0.5) is 0 Å². The van der Waals surface area contributed by atoms with Crippen LogP contribution in [-0.2, 0) is 4.79 Å². The van der Waals surface area contributed by atoms with E-state index in [9.17, 15) is 9.59 Å². The first-order valence-corrected chi connectivity index (χ1v) is 10.8. The molecule has 1 aromatic carbocycles. The summed E-state index contributed by atoms with van der Waals surface area (Å²) in [5.74, 6) is 1.01. The maximum Gasteiger partial charge on any atom is 0.287 e. The number of carbonyl (C=O) groups is 2. The number of piperidine rings is 1. The van der Waals surface area contributed by atoms with Crippen molar-refractivity contribution in [1.82, 2.24) is 15.2 Å². The van der Waals surface area contributed by atoms with Crippen molar-refractivity contribution >= 4 is 22.7 Å². The molecule has 1 aliphatic heterocycles. The van der Waals surface area contributed by atoms with Gasteiger partial charge >= 0.3 is 0 Å². The SMILES string of the molecule is COc1ccc2[nH]cc(C3CCN(C(=O)C(NC(=O)c4ccco4)C(C)C)CC3)c2c1. The molecule has 0 radical (unpaired) electrons. The Labute approximate surface area is 181 Å². The number of nitrogens with zero attached hydrogens (tertiary/aromatic N) is 1. The molecule has 2 N–H and O–H groups in total. The second kappa shape index (κ2) is 8.88. The van der Waals surface area contributed by atoms with E-state index in [1.807, 2.05) is 30.9 Å². The Hall–Kier alpha value is -3.22. The lowest BCUT2D eigenvalue weighted by atomic mass is 9.88. The van der Waals surface area contributed by atoms with Crippen molar-refractivity contribution in [3.05, 3.63) is 54.1 Å². The van der Waals surface area contributed by atoms with Crippen molar-refractivity contribution in [3.63, 3.8) is 0 Å². The minimum absolute atomic E-state index is 0.0229.